The van der Waals surface area contributed by atoms with Gasteiger partial charge in [0.25, 0.3) is 0 Å². The molecule has 84 valence electrons. The second kappa shape index (κ2) is 5.35. The summed E-state index contributed by atoms with van der Waals surface area (Å²) in [6, 6.07) is 1.40. The van der Waals surface area contributed by atoms with Gasteiger partial charge in [-0.1, -0.05) is 4.85 Å². The number of carbonyl (C=O) groups is 1. The standard InChI is InChI=1S/C9H15N3O3/c1-11(2)6-3-7-15-12-8(9(13)14)4-5-10-12/h4-5H,3,6-7H2,1-2H3,(H,13,14). The van der Waals surface area contributed by atoms with Gasteiger partial charge in [-0.05, 0) is 26.6 Å². The minimum absolute atomic E-state index is 0.0415. The van der Waals surface area contributed by atoms with Crippen LogP contribution in [0.5, 0.6) is 0 Å². The number of rotatable bonds is 6. The van der Waals surface area contributed by atoms with E-state index in [1.807, 2.05) is 19.0 Å². The van der Waals surface area contributed by atoms with Crippen molar-refractivity contribution in [2.24, 2.45) is 0 Å². The van der Waals surface area contributed by atoms with E-state index in [4.69, 9.17) is 9.94 Å². The molecule has 0 spiro atoms. The molecule has 6 heteroatoms. The monoisotopic (exact) mass is 213 g/mol. The van der Waals surface area contributed by atoms with Crippen molar-refractivity contribution in [3.05, 3.63) is 18.0 Å². The van der Waals surface area contributed by atoms with Crippen LogP contribution in [0.3, 0.4) is 0 Å². The van der Waals surface area contributed by atoms with Gasteiger partial charge in [-0.3, -0.25) is 0 Å². The van der Waals surface area contributed by atoms with Crippen LogP contribution in [-0.2, 0) is 0 Å². The lowest BCUT2D eigenvalue weighted by atomic mass is 10.4. The fourth-order valence-electron chi connectivity index (χ4n) is 1.08. The van der Waals surface area contributed by atoms with E-state index in [1.54, 1.807) is 0 Å². The Morgan fingerprint density at radius 2 is 2.40 bits per heavy atom. The summed E-state index contributed by atoms with van der Waals surface area (Å²) >= 11 is 0. The van der Waals surface area contributed by atoms with Crippen molar-refractivity contribution in [3.8, 4) is 0 Å². The Morgan fingerprint density at radius 3 is 3.00 bits per heavy atom. The maximum absolute atomic E-state index is 10.7. The molecule has 1 rings (SSSR count). The minimum atomic E-state index is -1.04. The number of hydrogen-bond donors (Lipinski definition) is 1. The highest BCUT2D eigenvalue weighted by Gasteiger charge is 2.10. The molecular formula is C9H15N3O3. The third kappa shape index (κ3) is 3.59. The van der Waals surface area contributed by atoms with Gasteiger partial charge in [0, 0.05) is 6.54 Å². The molecule has 1 aromatic heterocycles. The van der Waals surface area contributed by atoms with Crippen molar-refractivity contribution in [2.45, 2.75) is 6.42 Å². The summed E-state index contributed by atoms with van der Waals surface area (Å²) in [5, 5.41) is 12.5. The van der Waals surface area contributed by atoms with E-state index >= 15 is 0 Å². The fourth-order valence-corrected chi connectivity index (χ4v) is 1.08. The van der Waals surface area contributed by atoms with Crippen LogP contribution >= 0.6 is 0 Å². The molecule has 0 bridgehead atoms. The van der Waals surface area contributed by atoms with E-state index in [9.17, 15) is 4.79 Å². The Balaban J connectivity index is 2.37. The van der Waals surface area contributed by atoms with Crippen LogP contribution in [0.1, 0.15) is 16.9 Å². The first kappa shape index (κ1) is 11.5. The van der Waals surface area contributed by atoms with Crippen molar-refractivity contribution >= 4 is 5.97 Å². The zero-order valence-electron chi connectivity index (χ0n) is 8.88. The summed E-state index contributed by atoms with van der Waals surface area (Å²) in [6.45, 7) is 1.34. The molecule has 0 aliphatic heterocycles. The zero-order chi connectivity index (χ0) is 11.3. The Bertz CT molecular complexity index is 322. The average molecular weight is 213 g/mol. The van der Waals surface area contributed by atoms with Crippen LogP contribution in [0.15, 0.2) is 12.3 Å². The normalized spacial score (nSPS) is 10.6. The zero-order valence-corrected chi connectivity index (χ0v) is 8.88. The quantitative estimate of drug-likeness (QED) is 0.672. The summed E-state index contributed by atoms with van der Waals surface area (Å²) in [4.78, 5) is 18.9. The van der Waals surface area contributed by atoms with Crippen LogP contribution in [-0.4, -0.2) is 53.2 Å². The molecule has 0 aliphatic rings. The maximum Gasteiger partial charge on any atom is 0.357 e. The molecule has 0 unspecified atom stereocenters. The van der Waals surface area contributed by atoms with Crippen molar-refractivity contribution < 1.29 is 14.7 Å². The molecule has 0 aliphatic carbocycles. The minimum Gasteiger partial charge on any atom is -0.476 e. The summed E-state index contributed by atoms with van der Waals surface area (Å²) in [6.07, 6.45) is 2.22. The first-order valence-corrected chi connectivity index (χ1v) is 4.66. The van der Waals surface area contributed by atoms with Gasteiger partial charge in [0.1, 0.15) is 6.61 Å². The van der Waals surface area contributed by atoms with E-state index in [-0.39, 0.29) is 5.69 Å². The molecule has 1 heterocycles. The van der Waals surface area contributed by atoms with Crippen LogP contribution in [0, 0.1) is 0 Å². The Morgan fingerprint density at radius 1 is 1.67 bits per heavy atom. The van der Waals surface area contributed by atoms with Crippen LogP contribution in [0.2, 0.25) is 0 Å². The number of nitrogens with zero attached hydrogens (tertiary/aromatic N) is 3. The van der Waals surface area contributed by atoms with E-state index in [0.717, 1.165) is 17.8 Å². The highest BCUT2D eigenvalue weighted by atomic mass is 16.7. The van der Waals surface area contributed by atoms with E-state index in [0.29, 0.717) is 6.61 Å². The Kier molecular flexibility index (Phi) is 4.11. The van der Waals surface area contributed by atoms with E-state index < -0.39 is 5.97 Å². The molecular weight excluding hydrogens is 198 g/mol. The summed E-state index contributed by atoms with van der Waals surface area (Å²) < 4.78 is 0. The molecule has 0 radical (unpaired) electrons. The number of carboxylic acids is 1. The van der Waals surface area contributed by atoms with Crippen molar-refractivity contribution in [1.82, 2.24) is 14.8 Å². The third-order valence-corrected chi connectivity index (χ3v) is 1.79. The average Bonchev–Trinajstić information content (AvgIpc) is 2.60. The van der Waals surface area contributed by atoms with Crippen molar-refractivity contribution in [3.63, 3.8) is 0 Å². The summed E-state index contributed by atoms with van der Waals surface area (Å²) in [5.41, 5.74) is 0.0415. The SMILES string of the molecule is CN(C)CCCOn1nccc1C(=O)O. The number of aromatic nitrogens is 2. The third-order valence-electron chi connectivity index (χ3n) is 1.79. The first-order chi connectivity index (χ1) is 7.11. The molecule has 1 aromatic rings. The Labute approximate surface area is 88.0 Å². The van der Waals surface area contributed by atoms with Crippen molar-refractivity contribution in [2.75, 3.05) is 27.2 Å². The maximum atomic E-state index is 10.7. The second-order valence-corrected chi connectivity index (χ2v) is 3.38. The number of hydrogen-bond acceptors (Lipinski definition) is 4. The van der Waals surface area contributed by atoms with Gasteiger partial charge in [0.05, 0.1) is 6.20 Å². The smallest absolute Gasteiger partial charge is 0.357 e. The van der Waals surface area contributed by atoms with Gasteiger partial charge in [-0.25, -0.2) is 4.79 Å². The summed E-state index contributed by atoms with van der Waals surface area (Å²) in [5.74, 6) is -1.04. The molecule has 6 nitrogen and oxygen atoms in total. The lowest BCUT2D eigenvalue weighted by Crippen LogP contribution is -2.22. The fraction of sp³-hybridized carbons (Fsp3) is 0.556. The highest BCUT2D eigenvalue weighted by Crippen LogP contribution is 1.96. The van der Waals surface area contributed by atoms with Crippen LogP contribution in [0.25, 0.3) is 0 Å². The predicted octanol–water partition coefficient (Wildman–Crippen LogP) is -0.0384. The molecule has 0 aromatic carbocycles. The van der Waals surface area contributed by atoms with Gasteiger partial charge in [0.15, 0.2) is 5.69 Å². The molecule has 0 saturated carbocycles. The van der Waals surface area contributed by atoms with Crippen molar-refractivity contribution in [1.29, 1.82) is 0 Å². The molecule has 0 fully saturated rings. The Hall–Kier alpha value is -1.56. The lowest BCUT2D eigenvalue weighted by molar-refractivity contribution is 0.0499. The molecule has 0 saturated heterocycles. The second-order valence-electron chi connectivity index (χ2n) is 3.38. The number of aromatic carboxylic acids is 1. The van der Waals surface area contributed by atoms with Crippen LogP contribution in [0.4, 0.5) is 0 Å². The molecule has 15 heavy (non-hydrogen) atoms. The topological polar surface area (TPSA) is 67.6 Å². The molecule has 0 amide bonds. The first-order valence-electron chi connectivity index (χ1n) is 4.66. The number of carboxylic acid groups (broad SMARTS) is 1. The molecule has 1 N–H and O–H groups in total. The van der Waals surface area contributed by atoms with Gasteiger partial charge in [-0.15, -0.1) is 5.10 Å². The van der Waals surface area contributed by atoms with Gasteiger partial charge in [-0.2, -0.15) is 0 Å². The highest BCUT2D eigenvalue weighted by molar-refractivity contribution is 5.85. The van der Waals surface area contributed by atoms with Gasteiger partial charge >= 0.3 is 5.97 Å². The van der Waals surface area contributed by atoms with E-state index in [1.165, 1.54) is 12.3 Å². The van der Waals surface area contributed by atoms with Crippen LogP contribution < -0.4 is 4.84 Å². The predicted molar refractivity (Wildman–Crippen MR) is 53.8 cm³/mol. The summed E-state index contributed by atoms with van der Waals surface area (Å²) in [7, 11) is 3.94. The molecule has 0 atom stereocenters. The van der Waals surface area contributed by atoms with Gasteiger partial charge < -0.3 is 14.8 Å². The van der Waals surface area contributed by atoms with Gasteiger partial charge in [0.2, 0.25) is 0 Å². The lowest BCUT2D eigenvalue weighted by Gasteiger charge is -2.10. The van der Waals surface area contributed by atoms with E-state index in [2.05, 4.69) is 5.10 Å². The largest absolute Gasteiger partial charge is 0.476 e.